The molecule has 0 aliphatic carbocycles. The number of thioether (sulfide) groups is 1. The number of nitrogen functional groups attached to an aromatic ring is 1. The molecule has 0 amide bonds. The van der Waals surface area contributed by atoms with E-state index in [0.717, 1.165) is 33.0 Å². The van der Waals surface area contributed by atoms with E-state index in [1.165, 1.54) is 12.1 Å². The van der Waals surface area contributed by atoms with E-state index < -0.39 is 0 Å². The van der Waals surface area contributed by atoms with Crippen LogP contribution >= 0.6 is 11.8 Å². The molecule has 5 heteroatoms. The summed E-state index contributed by atoms with van der Waals surface area (Å²) in [6.45, 7) is 4.91. The number of Topliss-reactive ketones (excluding diaryl/α,β-unsaturated/α-hetero) is 1. The Morgan fingerprint density at radius 2 is 2.00 bits per heavy atom. The van der Waals surface area contributed by atoms with Crippen molar-refractivity contribution in [1.29, 1.82) is 0 Å². The maximum atomic E-state index is 13.1. The number of carbonyl (C=O) groups is 1. The van der Waals surface area contributed by atoms with E-state index in [2.05, 4.69) is 6.92 Å². The molecule has 0 radical (unpaired) electrons. The maximum Gasteiger partial charge on any atom is 0.184 e. The van der Waals surface area contributed by atoms with Crippen LogP contribution in [0.4, 0.5) is 15.8 Å². The predicted octanol–water partition coefficient (Wildman–Crippen LogP) is 4.03. The molecule has 0 fully saturated rings. The van der Waals surface area contributed by atoms with E-state index in [9.17, 15) is 9.18 Å². The van der Waals surface area contributed by atoms with E-state index in [1.807, 2.05) is 17.9 Å². The van der Waals surface area contributed by atoms with Crippen LogP contribution in [0.25, 0.3) is 0 Å². The van der Waals surface area contributed by atoms with Crippen molar-refractivity contribution < 1.29 is 9.18 Å². The first-order chi connectivity index (χ1) is 11.0. The number of fused-ring (bicyclic) bond motifs is 1. The zero-order valence-electron chi connectivity index (χ0n) is 13.2. The van der Waals surface area contributed by atoms with Crippen LogP contribution in [0.1, 0.15) is 28.4 Å². The van der Waals surface area contributed by atoms with Crippen molar-refractivity contribution in [3.8, 4) is 0 Å². The van der Waals surface area contributed by atoms with Crippen LogP contribution in [0.15, 0.2) is 35.2 Å². The largest absolute Gasteiger partial charge is 0.398 e. The van der Waals surface area contributed by atoms with Crippen LogP contribution in [0.2, 0.25) is 0 Å². The zero-order valence-corrected chi connectivity index (χ0v) is 14.0. The van der Waals surface area contributed by atoms with Gasteiger partial charge in [0.15, 0.2) is 5.78 Å². The van der Waals surface area contributed by atoms with E-state index >= 15 is 0 Å². The second kappa shape index (κ2) is 6.24. The van der Waals surface area contributed by atoms with Gasteiger partial charge in [-0.05, 0) is 42.0 Å². The minimum atomic E-state index is -0.253. The van der Waals surface area contributed by atoms with Crippen molar-refractivity contribution >= 4 is 28.9 Å². The highest BCUT2D eigenvalue weighted by atomic mass is 32.2. The number of nitrogens with zero attached hydrogens (tertiary/aromatic N) is 1. The highest BCUT2D eigenvalue weighted by Crippen LogP contribution is 2.40. The topological polar surface area (TPSA) is 46.3 Å². The monoisotopic (exact) mass is 330 g/mol. The summed E-state index contributed by atoms with van der Waals surface area (Å²) in [5.41, 5.74) is 10.4. The van der Waals surface area contributed by atoms with Gasteiger partial charge in [0.25, 0.3) is 0 Å². The van der Waals surface area contributed by atoms with Crippen LogP contribution in [0.3, 0.4) is 0 Å². The van der Waals surface area contributed by atoms with Crippen molar-refractivity contribution in [3.63, 3.8) is 0 Å². The number of hydrogen-bond acceptors (Lipinski definition) is 4. The third-order valence-corrected chi connectivity index (χ3v) is 5.05. The predicted molar refractivity (Wildman–Crippen MR) is 93.8 cm³/mol. The number of rotatable bonds is 4. The lowest BCUT2D eigenvalue weighted by molar-refractivity contribution is 0.101. The molecule has 0 unspecified atom stereocenters. The van der Waals surface area contributed by atoms with Gasteiger partial charge in [0.1, 0.15) is 5.82 Å². The SMILES string of the molecule is CCSc1cc2c(c(C)c1N)C(=O)CN2Cc1ccc(F)cc1. The number of carbonyl (C=O) groups excluding carboxylic acids is 1. The Balaban J connectivity index is 1.98. The fraction of sp³-hybridized carbons (Fsp3) is 0.278. The van der Waals surface area contributed by atoms with Gasteiger partial charge < -0.3 is 10.6 Å². The number of ketones is 1. The van der Waals surface area contributed by atoms with Gasteiger partial charge in [-0.1, -0.05) is 19.1 Å². The Labute approximate surface area is 139 Å². The third kappa shape index (κ3) is 2.93. The van der Waals surface area contributed by atoms with Gasteiger partial charge in [0.2, 0.25) is 0 Å². The molecule has 1 heterocycles. The molecule has 0 saturated heterocycles. The van der Waals surface area contributed by atoms with Gasteiger partial charge in [-0.3, -0.25) is 4.79 Å². The van der Waals surface area contributed by atoms with Gasteiger partial charge in [-0.2, -0.15) is 0 Å². The van der Waals surface area contributed by atoms with Crippen molar-refractivity contribution in [3.05, 3.63) is 52.8 Å². The fourth-order valence-electron chi connectivity index (χ4n) is 2.95. The molecule has 0 saturated carbocycles. The third-order valence-electron chi connectivity index (χ3n) is 4.11. The Morgan fingerprint density at radius 3 is 2.65 bits per heavy atom. The van der Waals surface area contributed by atoms with Crippen molar-refractivity contribution in [2.24, 2.45) is 0 Å². The molecule has 120 valence electrons. The second-order valence-electron chi connectivity index (χ2n) is 5.65. The molecule has 2 aromatic carbocycles. The minimum absolute atomic E-state index is 0.0966. The molecule has 3 rings (SSSR count). The number of nitrogens with two attached hydrogens (primary N) is 1. The quantitative estimate of drug-likeness (QED) is 0.679. The van der Waals surface area contributed by atoms with E-state index in [1.54, 1.807) is 23.9 Å². The van der Waals surface area contributed by atoms with Gasteiger partial charge in [0.05, 0.1) is 6.54 Å². The summed E-state index contributed by atoms with van der Waals surface area (Å²) < 4.78 is 13.1. The lowest BCUT2D eigenvalue weighted by Gasteiger charge is -2.20. The lowest BCUT2D eigenvalue weighted by Crippen LogP contribution is -2.21. The molecule has 1 aliphatic heterocycles. The number of benzene rings is 2. The summed E-state index contributed by atoms with van der Waals surface area (Å²) >= 11 is 1.68. The number of halogens is 1. The van der Waals surface area contributed by atoms with Crippen LogP contribution in [0, 0.1) is 12.7 Å². The molecule has 2 aromatic rings. The molecule has 0 aromatic heterocycles. The van der Waals surface area contributed by atoms with Gasteiger partial charge in [0, 0.05) is 28.4 Å². The van der Waals surface area contributed by atoms with Crippen LogP contribution in [-0.2, 0) is 6.54 Å². The average molecular weight is 330 g/mol. The van der Waals surface area contributed by atoms with E-state index in [0.29, 0.717) is 18.8 Å². The highest BCUT2D eigenvalue weighted by molar-refractivity contribution is 7.99. The molecule has 23 heavy (non-hydrogen) atoms. The number of hydrogen-bond donors (Lipinski definition) is 1. The van der Waals surface area contributed by atoms with Crippen molar-refractivity contribution in [2.75, 3.05) is 22.9 Å². The normalized spacial score (nSPS) is 13.5. The minimum Gasteiger partial charge on any atom is -0.398 e. The summed E-state index contributed by atoms with van der Waals surface area (Å²) in [5.74, 6) is 0.769. The van der Waals surface area contributed by atoms with Crippen LogP contribution in [0.5, 0.6) is 0 Å². The molecule has 2 N–H and O–H groups in total. The van der Waals surface area contributed by atoms with Gasteiger partial charge >= 0.3 is 0 Å². The lowest BCUT2D eigenvalue weighted by atomic mass is 10.0. The zero-order chi connectivity index (χ0) is 16.6. The standard InChI is InChI=1S/C18H19FN2OS/c1-3-23-16-8-14-17(11(2)18(16)20)15(22)10-21(14)9-12-4-6-13(19)7-5-12/h4-8H,3,9-10,20H2,1-2H3. The number of anilines is 2. The summed E-state index contributed by atoms with van der Waals surface area (Å²) in [5, 5.41) is 0. The first kappa shape index (κ1) is 15.9. The first-order valence-electron chi connectivity index (χ1n) is 7.59. The molecule has 0 spiro atoms. The second-order valence-corrected chi connectivity index (χ2v) is 6.95. The maximum absolute atomic E-state index is 13.1. The summed E-state index contributed by atoms with van der Waals surface area (Å²) in [6.07, 6.45) is 0. The van der Waals surface area contributed by atoms with Crippen molar-refractivity contribution in [1.82, 2.24) is 0 Å². The molecule has 1 aliphatic rings. The highest BCUT2D eigenvalue weighted by Gasteiger charge is 2.30. The summed E-state index contributed by atoms with van der Waals surface area (Å²) in [6, 6.07) is 8.41. The molecule has 0 bridgehead atoms. The van der Waals surface area contributed by atoms with E-state index in [4.69, 9.17) is 5.73 Å². The molecular weight excluding hydrogens is 311 g/mol. The smallest absolute Gasteiger partial charge is 0.184 e. The molecule has 3 nitrogen and oxygen atoms in total. The van der Waals surface area contributed by atoms with Gasteiger partial charge in [-0.25, -0.2) is 4.39 Å². The van der Waals surface area contributed by atoms with Gasteiger partial charge in [-0.15, -0.1) is 11.8 Å². The Hall–Kier alpha value is -2.01. The first-order valence-corrected chi connectivity index (χ1v) is 8.58. The van der Waals surface area contributed by atoms with Crippen LogP contribution in [-0.4, -0.2) is 18.1 Å². The Kier molecular flexibility index (Phi) is 4.31. The Morgan fingerprint density at radius 1 is 1.30 bits per heavy atom. The molecule has 0 atom stereocenters. The van der Waals surface area contributed by atoms with Crippen molar-refractivity contribution in [2.45, 2.75) is 25.3 Å². The average Bonchev–Trinajstić information content (AvgIpc) is 2.83. The van der Waals surface area contributed by atoms with Crippen LogP contribution < -0.4 is 10.6 Å². The summed E-state index contributed by atoms with van der Waals surface area (Å²) in [7, 11) is 0. The summed E-state index contributed by atoms with van der Waals surface area (Å²) in [4.78, 5) is 15.5. The Bertz CT molecular complexity index is 759. The molecular formula is C18H19FN2OS. The van der Waals surface area contributed by atoms with E-state index in [-0.39, 0.29) is 11.6 Å². The fourth-order valence-corrected chi connectivity index (χ4v) is 3.77.